The number of aromatic amines is 2. The van der Waals surface area contributed by atoms with Crippen LogP contribution < -0.4 is 21.8 Å². The molecular formula is C15H14N2O2. The Labute approximate surface area is 109 Å². The molecule has 1 heterocycles. The number of allylic oxidation sites excluding steroid dienone is 2. The third-order valence-corrected chi connectivity index (χ3v) is 2.55. The summed E-state index contributed by atoms with van der Waals surface area (Å²) < 4.78 is 0. The van der Waals surface area contributed by atoms with Crippen LogP contribution in [0, 0.1) is 0 Å². The average molecular weight is 254 g/mol. The number of rotatable bonds is 2. The van der Waals surface area contributed by atoms with E-state index >= 15 is 0 Å². The fraction of sp³-hybridized carbons (Fsp3) is 0.0667. The Morgan fingerprint density at radius 1 is 0.947 bits per heavy atom. The molecule has 4 heteroatoms. The highest BCUT2D eigenvalue weighted by Crippen LogP contribution is 1.96. The minimum absolute atomic E-state index is 0.244. The van der Waals surface area contributed by atoms with Crippen LogP contribution in [-0.4, -0.2) is 9.97 Å². The van der Waals surface area contributed by atoms with Crippen molar-refractivity contribution in [2.75, 3.05) is 0 Å². The van der Waals surface area contributed by atoms with Crippen molar-refractivity contribution in [1.29, 1.82) is 0 Å². The van der Waals surface area contributed by atoms with Gasteiger partial charge in [-0.3, -0.25) is 9.59 Å². The third-order valence-electron chi connectivity index (χ3n) is 2.55. The van der Waals surface area contributed by atoms with Gasteiger partial charge in [-0.05, 0) is 24.6 Å². The topological polar surface area (TPSA) is 65.7 Å². The molecule has 0 saturated heterocycles. The molecule has 4 nitrogen and oxygen atoms in total. The molecule has 0 aliphatic rings. The van der Waals surface area contributed by atoms with Gasteiger partial charge in [-0.2, -0.15) is 0 Å². The van der Waals surface area contributed by atoms with Crippen molar-refractivity contribution in [3.63, 3.8) is 0 Å². The first kappa shape index (κ1) is 12.8. The van der Waals surface area contributed by atoms with E-state index in [4.69, 9.17) is 0 Å². The zero-order chi connectivity index (χ0) is 13.7. The molecule has 0 fully saturated rings. The Morgan fingerprint density at radius 2 is 1.58 bits per heavy atom. The van der Waals surface area contributed by atoms with Crippen LogP contribution in [0.3, 0.4) is 0 Å². The molecule has 19 heavy (non-hydrogen) atoms. The minimum Gasteiger partial charge on any atom is -0.316 e. The van der Waals surface area contributed by atoms with E-state index < -0.39 is 0 Å². The highest BCUT2D eigenvalue weighted by atomic mass is 16.1. The lowest BCUT2D eigenvalue weighted by Crippen LogP contribution is -2.46. The normalized spacial score (nSPS) is 13.3. The second-order valence-electron chi connectivity index (χ2n) is 3.98. The van der Waals surface area contributed by atoms with E-state index in [0.717, 1.165) is 5.56 Å². The van der Waals surface area contributed by atoms with Crippen LogP contribution in [-0.2, 0) is 0 Å². The summed E-state index contributed by atoms with van der Waals surface area (Å²) in [5, 5.41) is 0.488. The highest BCUT2D eigenvalue weighted by Gasteiger charge is 1.94. The standard InChI is InChI=1S/C15H14N2O2/c1-2-3-9-12-14(18)17-13(15(19)16-12)10-11-7-5-4-6-8-11/h2-10H,1H3,(H,16,19)(H,17,18)/b3-2?,12-9+,13-10+. The summed E-state index contributed by atoms with van der Waals surface area (Å²) in [6, 6.07) is 9.34. The molecule has 1 aromatic carbocycles. The molecule has 0 unspecified atom stereocenters. The lowest BCUT2D eigenvalue weighted by molar-refractivity contribution is 1.00. The van der Waals surface area contributed by atoms with E-state index in [2.05, 4.69) is 9.97 Å². The zero-order valence-electron chi connectivity index (χ0n) is 10.5. The number of hydrogen-bond acceptors (Lipinski definition) is 2. The molecule has 0 aliphatic heterocycles. The molecule has 0 aliphatic carbocycles. The van der Waals surface area contributed by atoms with Crippen molar-refractivity contribution >= 4 is 12.2 Å². The van der Waals surface area contributed by atoms with Crippen molar-refractivity contribution in [3.05, 3.63) is 79.5 Å². The third kappa shape index (κ3) is 3.19. The fourth-order valence-corrected chi connectivity index (χ4v) is 1.62. The van der Waals surface area contributed by atoms with Crippen LogP contribution in [0.2, 0.25) is 0 Å². The lowest BCUT2D eigenvalue weighted by Gasteiger charge is -1.92. The number of hydrogen-bond donors (Lipinski definition) is 2. The maximum Gasteiger partial charge on any atom is 0.272 e. The molecule has 0 atom stereocenters. The largest absolute Gasteiger partial charge is 0.316 e. The summed E-state index contributed by atoms with van der Waals surface area (Å²) in [4.78, 5) is 28.8. The van der Waals surface area contributed by atoms with Gasteiger partial charge in [0.05, 0.1) is 0 Å². The van der Waals surface area contributed by atoms with E-state index in [0.29, 0.717) is 0 Å². The van der Waals surface area contributed by atoms with Crippen LogP contribution in [0.15, 0.2) is 52.1 Å². The second kappa shape index (κ2) is 5.82. The average Bonchev–Trinajstić information content (AvgIpc) is 2.42. The van der Waals surface area contributed by atoms with Crippen LogP contribution in [0.4, 0.5) is 0 Å². The summed E-state index contributed by atoms with van der Waals surface area (Å²) in [7, 11) is 0. The van der Waals surface area contributed by atoms with Crippen LogP contribution in [0.25, 0.3) is 12.2 Å². The monoisotopic (exact) mass is 254 g/mol. The van der Waals surface area contributed by atoms with Crippen LogP contribution in [0.1, 0.15) is 12.5 Å². The van der Waals surface area contributed by atoms with Gasteiger partial charge in [-0.15, -0.1) is 0 Å². The number of aromatic nitrogens is 2. The number of H-pyrrole nitrogens is 2. The van der Waals surface area contributed by atoms with Gasteiger partial charge < -0.3 is 9.97 Å². The van der Waals surface area contributed by atoms with Crippen molar-refractivity contribution < 1.29 is 0 Å². The molecule has 0 saturated carbocycles. The highest BCUT2D eigenvalue weighted by molar-refractivity contribution is 5.47. The Balaban J connectivity index is 2.63. The van der Waals surface area contributed by atoms with Gasteiger partial charge in [-0.1, -0.05) is 42.5 Å². The molecule has 96 valence electrons. The Kier molecular flexibility index (Phi) is 3.93. The quantitative estimate of drug-likeness (QED) is 0.806. The Bertz CT molecular complexity index is 812. The maximum absolute atomic E-state index is 11.9. The van der Waals surface area contributed by atoms with Gasteiger partial charge in [0.15, 0.2) is 0 Å². The predicted molar refractivity (Wildman–Crippen MR) is 76.2 cm³/mol. The zero-order valence-corrected chi connectivity index (χ0v) is 10.5. The molecule has 2 N–H and O–H groups in total. The smallest absolute Gasteiger partial charge is 0.272 e. The molecule has 0 radical (unpaired) electrons. The SMILES string of the molecule is CC=C/C=c1/[nH]c(=O)/c(=C\c2ccccc2)[nH]c1=O. The molecule has 0 bridgehead atoms. The predicted octanol–water partition coefficient (Wildman–Crippen LogP) is 0.249. The summed E-state index contributed by atoms with van der Waals surface area (Å²) in [6.07, 6.45) is 6.68. The Hall–Kier alpha value is -2.62. The molecule has 0 spiro atoms. The van der Waals surface area contributed by atoms with Gasteiger partial charge >= 0.3 is 0 Å². The molecule has 2 rings (SSSR count). The molecular weight excluding hydrogens is 240 g/mol. The van der Waals surface area contributed by atoms with E-state index in [-0.39, 0.29) is 21.8 Å². The van der Waals surface area contributed by atoms with Crippen LogP contribution in [0.5, 0.6) is 0 Å². The van der Waals surface area contributed by atoms with Gasteiger partial charge in [0.1, 0.15) is 10.7 Å². The van der Waals surface area contributed by atoms with Crippen molar-refractivity contribution in [2.45, 2.75) is 6.92 Å². The number of nitrogens with one attached hydrogen (secondary N) is 2. The van der Waals surface area contributed by atoms with Crippen molar-refractivity contribution in [1.82, 2.24) is 9.97 Å². The first-order chi connectivity index (χ1) is 9.20. The maximum atomic E-state index is 11.9. The fourth-order valence-electron chi connectivity index (χ4n) is 1.62. The summed E-state index contributed by atoms with van der Waals surface area (Å²) in [5.41, 5.74) is 0.216. The van der Waals surface area contributed by atoms with E-state index in [1.54, 1.807) is 24.3 Å². The van der Waals surface area contributed by atoms with Gasteiger partial charge in [0.25, 0.3) is 11.1 Å². The first-order valence-corrected chi connectivity index (χ1v) is 5.93. The van der Waals surface area contributed by atoms with Crippen molar-refractivity contribution in [2.24, 2.45) is 0 Å². The number of benzene rings is 1. The Morgan fingerprint density at radius 3 is 2.26 bits per heavy atom. The first-order valence-electron chi connectivity index (χ1n) is 5.93. The van der Waals surface area contributed by atoms with Crippen LogP contribution >= 0.6 is 0 Å². The molecule has 0 amide bonds. The summed E-state index contributed by atoms with van der Waals surface area (Å²) in [5.74, 6) is 0. The summed E-state index contributed by atoms with van der Waals surface area (Å²) in [6.45, 7) is 1.83. The van der Waals surface area contributed by atoms with Gasteiger partial charge in [0.2, 0.25) is 0 Å². The van der Waals surface area contributed by atoms with Gasteiger partial charge in [-0.25, -0.2) is 0 Å². The summed E-state index contributed by atoms with van der Waals surface area (Å²) >= 11 is 0. The van der Waals surface area contributed by atoms with E-state index in [1.807, 2.05) is 37.3 Å². The van der Waals surface area contributed by atoms with Gasteiger partial charge in [0, 0.05) is 0 Å². The molecule has 1 aromatic heterocycles. The second-order valence-corrected chi connectivity index (χ2v) is 3.98. The minimum atomic E-state index is -0.320. The lowest BCUT2D eigenvalue weighted by atomic mass is 10.2. The van der Waals surface area contributed by atoms with E-state index in [9.17, 15) is 9.59 Å². The molecule has 2 aromatic rings. The van der Waals surface area contributed by atoms with Crippen molar-refractivity contribution in [3.8, 4) is 0 Å². The van der Waals surface area contributed by atoms with E-state index in [1.165, 1.54) is 0 Å².